The number of thiophene rings is 1. The Balaban J connectivity index is 1.57. The zero-order chi connectivity index (χ0) is 22.8. The highest BCUT2D eigenvalue weighted by Crippen LogP contribution is 2.45. The monoisotopic (exact) mass is 470 g/mol. The third kappa shape index (κ3) is 6.39. The van der Waals surface area contributed by atoms with Crippen LogP contribution >= 0.6 is 11.3 Å². The highest BCUT2D eigenvalue weighted by Gasteiger charge is 2.36. The Labute approximate surface area is 178 Å². The van der Waals surface area contributed by atoms with Gasteiger partial charge in [-0.25, -0.2) is 4.98 Å². The molecular weight excluding hydrogens is 450 g/mol. The van der Waals surface area contributed by atoms with Gasteiger partial charge in [-0.05, 0) is 19.9 Å². The molecule has 1 aliphatic heterocycles. The molecule has 172 valence electrons. The first-order chi connectivity index (χ1) is 14.4. The first kappa shape index (κ1) is 23.5. The molecule has 5 nitrogen and oxygen atoms in total. The van der Waals surface area contributed by atoms with E-state index in [0.717, 1.165) is 18.2 Å². The number of hydroxylamine groups is 2. The van der Waals surface area contributed by atoms with Crippen molar-refractivity contribution in [3.63, 3.8) is 0 Å². The van der Waals surface area contributed by atoms with Gasteiger partial charge in [-0.1, -0.05) is 11.3 Å². The third-order valence-corrected chi connectivity index (χ3v) is 5.32. The Morgan fingerprint density at radius 1 is 1.06 bits per heavy atom. The molecular formula is C19H20F6N2O3S. The van der Waals surface area contributed by atoms with E-state index in [0.29, 0.717) is 43.5 Å². The number of aromatic nitrogens is 1. The maximum Gasteiger partial charge on any atom is 0.425 e. The zero-order valence-electron chi connectivity index (χ0n) is 16.6. The maximum absolute atomic E-state index is 13.1. The number of hydrogen-bond donors (Lipinski definition) is 0. The molecule has 0 aromatic carbocycles. The van der Waals surface area contributed by atoms with Crippen molar-refractivity contribution in [3.8, 4) is 16.7 Å². The molecule has 1 saturated heterocycles. The van der Waals surface area contributed by atoms with Crippen molar-refractivity contribution < 1.29 is 40.7 Å². The highest BCUT2D eigenvalue weighted by atomic mass is 32.1. The number of rotatable bonds is 6. The van der Waals surface area contributed by atoms with Crippen molar-refractivity contribution in [1.82, 2.24) is 10.0 Å². The summed E-state index contributed by atoms with van der Waals surface area (Å²) in [7, 11) is 0. The predicted molar refractivity (Wildman–Crippen MR) is 100 cm³/mol. The lowest BCUT2D eigenvalue weighted by Gasteiger charge is -2.31. The molecule has 0 bridgehead atoms. The van der Waals surface area contributed by atoms with Crippen molar-refractivity contribution in [2.24, 2.45) is 0 Å². The molecule has 0 amide bonds. The summed E-state index contributed by atoms with van der Waals surface area (Å²) in [6.07, 6.45) is -8.06. The fourth-order valence-corrected chi connectivity index (χ4v) is 3.76. The summed E-state index contributed by atoms with van der Waals surface area (Å²) in [5, 5.41) is 1.60. The van der Waals surface area contributed by atoms with E-state index in [1.165, 1.54) is 5.06 Å². The molecule has 0 N–H and O–H groups in total. The molecule has 31 heavy (non-hydrogen) atoms. The third-order valence-electron chi connectivity index (χ3n) is 4.27. The van der Waals surface area contributed by atoms with Crippen LogP contribution < -0.4 is 14.3 Å². The first-order valence-electron chi connectivity index (χ1n) is 9.42. The first-order valence-corrected chi connectivity index (χ1v) is 10.2. The van der Waals surface area contributed by atoms with Crippen LogP contribution in [0.25, 0.3) is 0 Å². The van der Waals surface area contributed by atoms with Gasteiger partial charge in [-0.3, -0.25) is 0 Å². The number of nitrogens with zero attached hydrogens (tertiary/aromatic N) is 2. The van der Waals surface area contributed by atoms with E-state index in [-0.39, 0.29) is 28.9 Å². The number of ether oxygens (including phenoxy) is 2. The van der Waals surface area contributed by atoms with E-state index < -0.39 is 22.8 Å². The SMILES string of the molecule is CC(C)Oc1sc(C(F)(F)F)cc1OC1CCN(Oc2ccc(C(F)(F)F)cn2)CC1. The van der Waals surface area contributed by atoms with Crippen molar-refractivity contribution in [2.75, 3.05) is 13.1 Å². The molecule has 3 rings (SSSR count). The van der Waals surface area contributed by atoms with Gasteiger partial charge >= 0.3 is 12.4 Å². The van der Waals surface area contributed by atoms with Gasteiger partial charge in [-0.2, -0.15) is 26.3 Å². The number of hydrogen-bond acceptors (Lipinski definition) is 6. The van der Waals surface area contributed by atoms with Crippen molar-refractivity contribution in [3.05, 3.63) is 34.8 Å². The average Bonchev–Trinajstić information content (AvgIpc) is 3.05. The predicted octanol–water partition coefficient (Wildman–Crippen LogP) is 5.81. The summed E-state index contributed by atoms with van der Waals surface area (Å²) in [5.74, 6) is 0.0717. The molecule has 0 radical (unpaired) electrons. The van der Waals surface area contributed by atoms with E-state index in [4.69, 9.17) is 14.3 Å². The molecule has 0 atom stereocenters. The lowest BCUT2D eigenvalue weighted by atomic mass is 10.1. The second kappa shape index (κ2) is 9.11. The van der Waals surface area contributed by atoms with Crippen LogP contribution in [-0.2, 0) is 12.4 Å². The molecule has 0 aliphatic carbocycles. The van der Waals surface area contributed by atoms with Gasteiger partial charge in [0.25, 0.3) is 0 Å². The topological polar surface area (TPSA) is 43.8 Å². The maximum atomic E-state index is 13.1. The molecule has 12 heteroatoms. The smallest absolute Gasteiger partial charge is 0.425 e. The summed E-state index contributed by atoms with van der Waals surface area (Å²) < 4.78 is 88.2. The Kier molecular flexibility index (Phi) is 6.89. The summed E-state index contributed by atoms with van der Waals surface area (Å²) in [4.78, 5) is 8.33. The Morgan fingerprint density at radius 2 is 1.74 bits per heavy atom. The molecule has 3 heterocycles. The standard InChI is InChI=1S/C19H20F6N2O3S/c1-11(2)28-17-14(9-15(31-17)19(23,24)25)29-13-5-7-27(8-6-13)30-16-4-3-12(10-26-16)18(20,21)22/h3-4,9-11,13H,5-8H2,1-2H3. The molecule has 1 fully saturated rings. The van der Waals surface area contributed by atoms with Crippen LogP contribution in [-0.4, -0.2) is 35.3 Å². The summed E-state index contributed by atoms with van der Waals surface area (Å²) >= 11 is 0.493. The van der Waals surface area contributed by atoms with Gasteiger partial charge in [-0.15, -0.1) is 5.06 Å². The molecule has 0 saturated carbocycles. The van der Waals surface area contributed by atoms with E-state index in [1.54, 1.807) is 13.8 Å². The minimum absolute atomic E-state index is 0.0210. The summed E-state index contributed by atoms with van der Waals surface area (Å²) in [5.41, 5.74) is -0.875. The van der Waals surface area contributed by atoms with Crippen LogP contribution in [0.2, 0.25) is 0 Å². The van der Waals surface area contributed by atoms with E-state index in [2.05, 4.69) is 4.98 Å². The van der Waals surface area contributed by atoms with Gasteiger partial charge in [0, 0.05) is 44.3 Å². The molecule has 1 aliphatic rings. The molecule has 0 unspecified atom stereocenters. The number of alkyl halides is 6. The van der Waals surface area contributed by atoms with Crippen molar-refractivity contribution in [2.45, 2.75) is 51.2 Å². The molecule has 2 aromatic rings. The van der Waals surface area contributed by atoms with Crippen LogP contribution in [0.15, 0.2) is 24.4 Å². The Hall–Kier alpha value is -2.21. The van der Waals surface area contributed by atoms with Crippen LogP contribution in [0.4, 0.5) is 26.3 Å². The van der Waals surface area contributed by atoms with Gasteiger partial charge in [0.15, 0.2) is 5.75 Å². The lowest BCUT2D eigenvalue weighted by Crippen LogP contribution is -2.40. The van der Waals surface area contributed by atoms with Crippen LogP contribution in [0.5, 0.6) is 16.7 Å². The van der Waals surface area contributed by atoms with E-state index in [1.807, 2.05) is 0 Å². The summed E-state index contributed by atoms with van der Waals surface area (Å²) in [6, 6.07) is 2.95. The van der Waals surface area contributed by atoms with Crippen molar-refractivity contribution >= 4 is 11.3 Å². The fraction of sp³-hybridized carbons (Fsp3) is 0.526. The Morgan fingerprint density at radius 3 is 2.26 bits per heavy atom. The lowest BCUT2D eigenvalue weighted by molar-refractivity contribution is -0.138. The second-order valence-corrected chi connectivity index (χ2v) is 8.16. The van der Waals surface area contributed by atoms with E-state index in [9.17, 15) is 26.3 Å². The fourth-order valence-electron chi connectivity index (χ4n) is 2.83. The van der Waals surface area contributed by atoms with Crippen LogP contribution in [0.3, 0.4) is 0 Å². The van der Waals surface area contributed by atoms with Crippen molar-refractivity contribution in [1.29, 1.82) is 0 Å². The zero-order valence-corrected chi connectivity index (χ0v) is 17.4. The van der Waals surface area contributed by atoms with E-state index >= 15 is 0 Å². The van der Waals surface area contributed by atoms with Gasteiger partial charge in [0.05, 0.1) is 11.7 Å². The highest BCUT2D eigenvalue weighted by molar-refractivity contribution is 7.14. The Bertz CT molecular complexity index is 859. The number of halogens is 6. The minimum atomic E-state index is -4.49. The summed E-state index contributed by atoms with van der Waals surface area (Å²) in [6.45, 7) is 4.15. The molecule has 0 spiro atoms. The van der Waals surface area contributed by atoms with Crippen LogP contribution in [0.1, 0.15) is 37.1 Å². The normalized spacial score (nSPS) is 16.5. The largest absolute Gasteiger partial charge is 0.485 e. The quantitative estimate of drug-likeness (QED) is 0.499. The van der Waals surface area contributed by atoms with Gasteiger partial charge < -0.3 is 14.3 Å². The van der Waals surface area contributed by atoms with Gasteiger partial charge in [0.2, 0.25) is 10.9 Å². The molecule has 2 aromatic heterocycles. The van der Waals surface area contributed by atoms with Crippen LogP contribution in [0, 0.1) is 0 Å². The number of pyridine rings is 1. The minimum Gasteiger partial charge on any atom is -0.485 e. The second-order valence-electron chi connectivity index (χ2n) is 7.15. The average molecular weight is 470 g/mol. The number of piperidine rings is 1. The van der Waals surface area contributed by atoms with Gasteiger partial charge in [0.1, 0.15) is 11.0 Å².